The van der Waals surface area contributed by atoms with Crippen molar-refractivity contribution < 1.29 is 33.3 Å². The quantitative estimate of drug-likeness (QED) is 0.446. The van der Waals surface area contributed by atoms with Crippen LogP contribution in [0.25, 0.3) is 0 Å². The lowest BCUT2D eigenvalue weighted by Gasteiger charge is -2.47. The lowest BCUT2D eigenvalue weighted by Crippen LogP contribution is -2.48. The number of carbonyl (C=O) groups excluding carboxylic acids is 2. The van der Waals surface area contributed by atoms with Crippen LogP contribution in [0.5, 0.6) is 5.75 Å². The Morgan fingerprint density at radius 3 is 2.30 bits per heavy atom. The minimum Gasteiger partial charge on any atom is -0.497 e. The monoisotopic (exact) mass is 422 g/mol. The van der Waals surface area contributed by atoms with Gasteiger partial charge in [-0.3, -0.25) is 9.59 Å². The molecule has 0 spiro atoms. The van der Waals surface area contributed by atoms with Crippen molar-refractivity contribution in [3.63, 3.8) is 0 Å². The molecular formula is C23H34O7. The van der Waals surface area contributed by atoms with E-state index in [0.717, 1.165) is 22.4 Å². The van der Waals surface area contributed by atoms with Crippen molar-refractivity contribution in [2.24, 2.45) is 11.3 Å². The first kappa shape index (κ1) is 24.2. The zero-order chi connectivity index (χ0) is 22.5. The Labute approximate surface area is 179 Å². The standard InChI is InChI=1S/C23H34O7/c1-14-10-17(26-3)12-16-8-9-23(22(25)30-7,15(2)11-20(28-5)29-6)18(21(14)16)13-19(24)27-4/h10,12,15,18,20H,8-9,11,13H2,1-7H3/t15-,18+,23-/m1/s1. The molecule has 0 aromatic heterocycles. The fourth-order valence-electron chi connectivity index (χ4n) is 4.98. The van der Waals surface area contributed by atoms with Crippen LogP contribution in [0.3, 0.4) is 0 Å². The van der Waals surface area contributed by atoms with Gasteiger partial charge in [-0.25, -0.2) is 0 Å². The largest absolute Gasteiger partial charge is 0.497 e. The van der Waals surface area contributed by atoms with Gasteiger partial charge in [0.05, 0.1) is 33.2 Å². The SMILES string of the molecule is COC(=O)C[C@H]1c2c(C)cc(OC)cc2CC[C@@]1(C(=O)OC)[C@H](C)CC(OC)OC. The van der Waals surface area contributed by atoms with E-state index in [1.54, 1.807) is 21.3 Å². The first-order valence-corrected chi connectivity index (χ1v) is 10.2. The Balaban J connectivity index is 2.67. The summed E-state index contributed by atoms with van der Waals surface area (Å²) >= 11 is 0. The molecule has 0 heterocycles. The van der Waals surface area contributed by atoms with Crippen molar-refractivity contribution in [3.8, 4) is 5.75 Å². The predicted molar refractivity (Wildman–Crippen MR) is 111 cm³/mol. The highest BCUT2D eigenvalue weighted by Gasteiger charge is 2.54. The summed E-state index contributed by atoms with van der Waals surface area (Å²) in [6, 6.07) is 3.93. The average molecular weight is 423 g/mol. The highest BCUT2D eigenvalue weighted by atomic mass is 16.7. The summed E-state index contributed by atoms with van der Waals surface area (Å²) < 4.78 is 26.5. The van der Waals surface area contributed by atoms with Crippen LogP contribution in [-0.2, 0) is 35.0 Å². The zero-order valence-electron chi connectivity index (χ0n) is 19.1. The van der Waals surface area contributed by atoms with Crippen LogP contribution in [0.2, 0.25) is 0 Å². The Kier molecular flexibility index (Phi) is 8.26. The van der Waals surface area contributed by atoms with Gasteiger partial charge in [0.2, 0.25) is 0 Å². The lowest BCUT2D eigenvalue weighted by molar-refractivity contribution is -0.167. The van der Waals surface area contributed by atoms with Crippen molar-refractivity contribution in [2.45, 2.75) is 51.7 Å². The number of hydrogen-bond donors (Lipinski definition) is 0. The Bertz CT molecular complexity index is 756. The van der Waals surface area contributed by atoms with Crippen LogP contribution in [0.4, 0.5) is 0 Å². The molecule has 2 rings (SSSR count). The van der Waals surface area contributed by atoms with Gasteiger partial charge in [-0.05, 0) is 54.5 Å². The normalized spacial score (nSPS) is 21.7. The third-order valence-corrected chi connectivity index (χ3v) is 6.58. The van der Waals surface area contributed by atoms with Crippen LogP contribution in [0.1, 0.15) is 48.8 Å². The molecule has 1 aromatic rings. The number of fused-ring (bicyclic) bond motifs is 1. The second kappa shape index (κ2) is 10.3. The van der Waals surface area contributed by atoms with Crippen molar-refractivity contribution in [1.82, 2.24) is 0 Å². The molecule has 168 valence electrons. The molecule has 0 bridgehead atoms. The maximum atomic E-state index is 13.3. The van der Waals surface area contributed by atoms with Crippen LogP contribution < -0.4 is 4.74 Å². The van der Waals surface area contributed by atoms with Gasteiger partial charge in [0.15, 0.2) is 6.29 Å². The second-order valence-electron chi connectivity index (χ2n) is 7.92. The van der Waals surface area contributed by atoms with E-state index in [2.05, 4.69) is 0 Å². The molecule has 0 aliphatic heterocycles. The maximum absolute atomic E-state index is 13.3. The summed E-state index contributed by atoms with van der Waals surface area (Å²) in [7, 11) is 7.54. The van der Waals surface area contributed by atoms with E-state index in [4.69, 9.17) is 23.7 Å². The molecule has 0 amide bonds. The van der Waals surface area contributed by atoms with E-state index in [0.29, 0.717) is 19.3 Å². The summed E-state index contributed by atoms with van der Waals surface area (Å²) in [5.74, 6) is -0.481. The lowest BCUT2D eigenvalue weighted by atomic mass is 9.56. The van der Waals surface area contributed by atoms with E-state index in [1.165, 1.54) is 14.2 Å². The van der Waals surface area contributed by atoms with Gasteiger partial charge in [-0.2, -0.15) is 0 Å². The fraction of sp³-hybridized carbons (Fsp3) is 0.652. The third kappa shape index (κ3) is 4.47. The van der Waals surface area contributed by atoms with Gasteiger partial charge in [0, 0.05) is 26.6 Å². The first-order chi connectivity index (χ1) is 14.3. The van der Waals surface area contributed by atoms with Crippen molar-refractivity contribution >= 4 is 11.9 Å². The molecule has 0 saturated carbocycles. The summed E-state index contributed by atoms with van der Waals surface area (Å²) in [5, 5.41) is 0. The number of esters is 2. The molecule has 1 aromatic carbocycles. The highest BCUT2D eigenvalue weighted by Crippen LogP contribution is 2.55. The molecule has 0 fully saturated rings. The van der Waals surface area contributed by atoms with Crippen LogP contribution >= 0.6 is 0 Å². The number of aryl methyl sites for hydroxylation is 2. The van der Waals surface area contributed by atoms with Gasteiger partial charge >= 0.3 is 11.9 Å². The molecule has 1 aliphatic carbocycles. The van der Waals surface area contributed by atoms with E-state index in [-0.39, 0.29) is 24.3 Å². The van der Waals surface area contributed by atoms with Crippen molar-refractivity contribution in [1.29, 1.82) is 0 Å². The maximum Gasteiger partial charge on any atom is 0.312 e. The van der Waals surface area contributed by atoms with Gasteiger partial charge in [-0.1, -0.05) is 6.92 Å². The highest BCUT2D eigenvalue weighted by molar-refractivity contribution is 5.82. The number of methoxy groups -OCH3 is 5. The predicted octanol–water partition coefficient (Wildman–Crippen LogP) is 3.40. The minimum atomic E-state index is -0.912. The molecule has 7 nitrogen and oxygen atoms in total. The van der Waals surface area contributed by atoms with Crippen molar-refractivity contribution in [2.75, 3.05) is 35.5 Å². The third-order valence-electron chi connectivity index (χ3n) is 6.58. The van der Waals surface area contributed by atoms with Crippen molar-refractivity contribution in [3.05, 3.63) is 28.8 Å². The van der Waals surface area contributed by atoms with E-state index in [1.807, 2.05) is 26.0 Å². The number of benzene rings is 1. The minimum absolute atomic E-state index is 0.0841. The molecule has 7 heteroatoms. The van der Waals surface area contributed by atoms with Crippen LogP contribution in [0, 0.1) is 18.3 Å². The molecule has 0 N–H and O–H groups in total. The van der Waals surface area contributed by atoms with Gasteiger partial charge in [0.1, 0.15) is 5.75 Å². The van der Waals surface area contributed by atoms with Gasteiger partial charge < -0.3 is 23.7 Å². The first-order valence-electron chi connectivity index (χ1n) is 10.2. The smallest absolute Gasteiger partial charge is 0.312 e. The molecule has 1 aliphatic rings. The summed E-state index contributed by atoms with van der Waals surface area (Å²) in [5.41, 5.74) is 2.15. The fourth-order valence-corrected chi connectivity index (χ4v) is 4.98. The van der Waals surface area contributed by atoms with E-state index < -0.39 is 17.6 Å². The Hall–Kier alpha value is -2.12. The number of rotatable bonds is 9. The summed E-state index contributed by atoms with van der Waals surface area (Å²) in [6.07, 6.45) is 1.33. The Morgan fingerprint density at radius 2 is 1.77 bits per heavy atom. The van der Waals surface area contributed by atoms with E-state index in [9.17, 15) is 9.59 Å². The van der Waals surface area contributed by atoms with Gasteiger partial charge in [0.25, 0.3) is 0 Å². The average Bonchev–Trinajstić information content (AvgIpc) is 2.76. The van der Waals surface area contributed by atoms with E-state index >= 15 is 0 Å². The second-order valence-corrected chi connectivity index (χ2v) is 7.92. The molecule has 30 heavy (non-hydrogen) atoms. The molecule has 0 unspecified atom stereocenters. The number of carbonyl (C=O) groups is 2. The Morgan fingerprint density at radius 1 is 1.10 bits per heavy atom. The van der Waals surface area contributed by atoms with Crippen LogP contribution in [0.15, 0.2) is 12.1 Å². The topological polar surface area (TPSA) is 80.3 Å². The molecule has 3 atom stereocenters. The van der Waals surface area contributed by atoms with Crippen LogP contribution in [-0.4, -0.2) is 53.8 Å². The number of ether oxygens (including phenoxy) is 5. The summed E-state index contributed by atoms with van der Waals surface area (Å²) in [6.45, 7) is 3.98. The molecule has 0 radical (unpaired) electrons. The molecular weight excluding hydrogens is 388 g/mol. The summed E-state index contributed by atoms with van der Waals surface area (Å²) in [4.78, 5) is 25.8. The zero-order valence-corrected chi connectivity index (χ0v) is 19.1. The van der Waals surface area contributed by atoms with Gasteiger partial charge in [-0.15, -0.1) is 0 Å². The number of hydrogen-bond acceptors (Lipinski definition) is 7. The molecule has 0 saturated heterocycles.